The smallest absolute Gasteiger partial charge is 0.272 e. The summed E-state index contributed by atoms with van der Waals surface area (Å²) in [7, 11) is -3.25. The number of sulfone groups is 1. The van der Waals surface area contributed by atoms with Gasteiger partial charge in [-0.05, 0) is 5.56 Å². The first-order valence-electron chi connectivity index (χ1n) is 6.53. The standard InChI is InChI=1S/C13H15Cl3N2O3S/c14-13(15,16)12(19)18-11-8-22(20,21)7-10(11)17-6-9-4-2-1-3-5-9/h1-5,10-11,17H,6-8H2,(H,18,19)/t10-,11-/m0/s1. The maximum absolute atomic E-state index is 11.8. The Kier molecular flexibility index (Phi) is 5.61. The third-order valence-corrected chi connectivity index (χ3v) is 5.59. The molecular weight excluding hydrogens is 371 g/mol. The molecule has 1 aliphatic heterocycles. The number of carbonyl (C=O) groups is 1. The molecule has 1 aromatic carbocycles. The Bertz CT molecular complexity index is 632. The lowest BCUT2D eigenvalue weighted by Gasteiger charge is -2.22. The van der Waals surface area contributed by atoms with E-state index in [1.807, 2.05) is 30.3 Å². The van der Waals surface area contributed by atoms with Crippen molar-refractivity contribution in [3.8, 4) is 0 Å². The van der Waals surface area contributed by atoms with E-state index in [2.05, 4.69) is 10.6 Å². The molecular formula is C13H15Cl3N2O3S. The van der Waals surface area contributed by atoms with Gasteiger partial charge >= 0.3 is 0 Å². The topological polar surface area (TPSA) is 75.3 Å². The van der Waals surface area contributed by atoms with Crippen LogP contribution in [0.15, 0.2) is 30.3 Å². The van der Waals surface area contributed by atoms with Crippen LogP contribution in [0.2, 0.25) is 0 Å². The predicted molar refractivity (Wildman–Crippen MR) is 87.9 cm³/mol. The largest absolute Gasteiger partial charge is 0.347 e. The van der Waals surface area contributed by atoms with Gasteiger partial charge in [0.1, 0.15) is 0 Å². The van der Waals surface area contributed by atoms with Gasteiger partial charge in [0.25, 0.3) is 9.70 Å². The fourth-order valence-corrected chi connectivity index (χ4v) is 4.35. The van der Waals surface area contributed by atoms with Crippen molar-refractivity contribution in [2.45, 2.75) is 22.4 Å². The molecule has 0 bridgehead atoms. The third kappa shape index (κ3) is 4.99. The molecule has 2 atom stereocenters. The highest BCUT2D eigenvalue weighted by Gasteiger charge is 2.41. The van der Waals surface area contributed by atoms with Gasteiger partial charge in [-0.15, -0.1) is 0 Å². The number of alkyl halides is 3. The monoisotopic (exact) mass is 384 g/mol. The van der Waals surface area contributed by atoms with E-state index in [0.717, 1.165) is 5.56 Å². The number of nitrogens with one attached hydrogen (secondary N) is 2. The van der Waals surface area contributed by atoms with E-state index >= 15 is 0 Å². The Labute approximate surface area is 144 Å². The summed E-state index contributed by atoms with van der Waals surface area (Å²) in [5.41, 5.74) is 1.01. The Hall–Kier alpha value is -0.530. The van der Waals surface area contributed by atoms with E-state index in [1.54, 1.807) is 0 Å². The fraction of sp³-hybridized carbons (Fsp3) is 0.462. The number of hydrogen-bond donors (Lipinski definition) is 2. The van der Waals surface area contributed by atoms with Gasteiger partial charge in [-0.25, -0.2) is 8.42 Å². The summed E-state index contributed by atoms with van der Waals surface area (Å²) in [4.78, 5) is 11.7. The molecule has 1 aliphatic rings. The van der Waals surface area contributed by atoms with Crippen LogP contribution < -0.4 is 10.6 Å². The molecule has 122 valence electrons. The SMILES string of the molecule is O=C(N[C@H]1CS(=O)(=O)C[C@@H]1NCc1ccccc1)C(Cl)(Cl)Cl. The lowest BCUT2D eigenvalue weighted by atomic mass is 10.1. The van der Waals surface area contributed by atoms with Crippen molar-refractivity contribution in [2.24, 2.45) is 0 Å². The van der Waals surface area contributed by atoms with Crippen LogP contribution in [0.4, 0.5) is 0 Å². The lowest BCUT2D eigenvalue weighted by Crippen LogP contribution is -2.51. The number of amides is 1. The minimum Gasteiger partial charge on any atom is -0.347 e. The summed E-state index contributed by atoms with van der Waals surface area (Å²) in [6.07, 6.45) is 0. The van der Waals surface area contributed by atoms with Crippen molar-refractivity contribution in [3.63, 3.8) is 0 Å². The quantitative estimate of drug-likeness (QED) is 0.769. The number of halogens is 3. The molecule has 1 amide bonds. The molecule has 1 aromatic rings. The number of hydrogen-bond acceptors (Lipinski definition) is 4. The molecule has 1 fully saturated rings. The highest BCUT2D eigenvalue weighted by atomic mass is 35.6. The molecule has 0 saturated carbocycles. The van der Waals surface area contributed by atoms with E-state index < -0.39 is 31.6 Å². The Morgan fingerprint density at radius 3 is 2.32 bits per heavy atom. The zero-order chi connectivity index (χ0) is 16.4. The maximum atomic E-state index is 11.8. The van der Waals surface area contributed by atoms with Crippen LogP contribution in [-0.2, 0) is 21.2 Å². The van der Waals surface area contributed by atoms with Crippen LogP contribution in [0, 0.1) is 0 Å². The van der Waals surface area contributed by atoms with Crippen molar-refractivity contribution in [1.29, 1.82) is 0 Å². The Balaban J connectivity index is 2.02. The van der Waals surface area contributed by atoms with Crippen molar-refractivity contribution in [1.82, 2.24) is 10.6 Å². The van der Waals surface area contributed by atoms with E-state index in [1.165, 1.54) is 0 Å². The van der Waals surface area contributed by atoms with Crippen LogP contribution in [-0.4, -0.2) is 41.7 Å². The average molecular weight is 386 g/mol. The molecule has 0 aromatic heterocycles. The first kappa shape index (κ1) is 17.8. The summed E-state index contributed by atoms with van der Waals surface area (Å²) in [6.45, 7) is 0.487. The van der Waals surface area contributed by atoms with E-state index in [9.17, 15) is 13.2 Å². The van der Waals surface area contributed by atoms with E-state index in [-0.39, 0.29) is 11.5 Å². The van der Waals surface area contributed by atoms with Gasteiger partial charge in [-0.1, -0.05) is 65.1 Å². The molecule has 0 radical (unpaired) electrons. The molecule has 1 saturated heterocycles. The molecule has 0 spiro atoms. The highest BCUT2D eigenvalue weighted by molar-refractivity contribution is 7.91. The zero-order valence-corrected chi connectivity index (χ0v) is 14.5. The maximum Gasteiger partial charge on any atom is 0.272 e. The highest BCUT2D eigenvalue weighted by Crippen LogP contribution is 2.27. The lowest BCUT2D eigenvalue weighted by molar-refractivity contribution is -0.120. The van der Waals surface area contributed by atoms with Crippen LogP contribution in [0.1, 0.15) is 5.56 Å². The second-order valence-corrected chi connectivity index (χ2v) is 9.56. The first-order chi connectivity index (χ1) is 10.2. The molecule has 0 unspecified atom stereocenters. The molecule has 9 heteroatoms. The van der Waals surface area contributed by atoms with Gasteiger partial charge < -0.3 is 10.6 Å². The van der Waals surface area contributed by atoms with Gasteiger partial charge in [0.2, 0.25) is 0 Å². The fourth-order valence-electron chi connectivity index (χ4n) is 2.29. The second-order valence-electron chi connectivity index (χ2n) is 5.13. The summed E-state index contributed by atoms with van der Waals surface area (Å²) >= 11 is 16.5. The van der Waals surface area contributed by atoms with Crippen molar-refractivity contribution in [2.75, 3.05) is 11.5 Å². The van der Waals surface area contributed by atoms with Crippen molar-refractivity contribution >= 4 is 50.5 Å². The third-order valence-electron chi connectivity index (χ3n) is 3.34. The van der Waals surface area contributed by atoms with Gasteiger partial charge in [-0.3, -0.25) is 4.79 Å². The van der Waals surface area contributed by atoms with Gasteiger partial charge in [-0.2, -0.15) is 0 Å². The molecule has 1 heterocycles. The number of carbonyl (C=O) groups excluding carboxylic acids is 1. The van der Waals surface area contributed by atoms with Gasteiger partial charge in [0.05, 0.1) is 17.5 Å². The minimum atomic E-state index is -3.25. The zero-order valence-electron chi connectivity index (χ0n) is 11.4. The Morgan fingerprint density at radius 1 is 1.14 bits per heavy atom. The number of rotatable bonds is 4. The van der Waals surface area contributed by atoms with Crippen LogP contribution in [0.25, 0.3) is 0 Å². The van der Waals surface area contributed by atoms with Crippen LogP contribution in [0.3, 0.4) is 0 Å². The first-order valence-corrected chi connectivity index (χ1v) is 9.48. The Morgan fingerprint density at radius 2 is 1.73 bits per heavy atom. The van der Waals surface area contributed by atoms with Crippen LogP contribution >= 0.6 is 34.8 Å². The van der Waals surface area contributed by atoms with E-state index in [4.69, 9.17) is 34.8 Å². The molecule has 5 nitrogen and oxygen atoms in total. The molecule has 2 rings (SSSR count). The summed E-state index contributed by atoms with van der Waals surface area (Å²) in [5.74, 6) is -1.07. The summed E-state index contributed by atoms with van der Waals surface area (Å²) in [5, 5.41) is 5.62. The predicted octanol–water partition coefficient (Wildman–Crippen LogP) is 1.43. The minimum absolute atomic E-state index is 0.0648. The van der Waals surface area contributed by atoms with Gasteiger partial charge in [0, 0.05) is 12.6 Å². The van der Waals surface area contributed by atoms with Gasteiger partial charge in [0.15, 0.2) is 9.84 Å². The van der Waals surface area contributed by atoms with Crippen molar-refractivity contribution in [3.05, 3.63) is 35.9 Å². The van der Waals surface area contributed by atoms with Crippen molar-refractivity contribution < 1.29 is 13.2 Å². The molecule has 2 N–H and O–H groups in total. The van der Waals surface area contributed by atoms with E-state index in [0.29, 0.717) is 6.54 Å². The number of benzene rings is 1. The summed E-state index contributed by atoms with van der Waals surface area (Å²) in [6, 6.07) is 8.47. The summed E-state index contributed by atoms with van der Waals surface area (Å²) < 4.78 is 21.5. The second kappa shape index (κ2) is 6.93. The molecule has 22 heavy (non-hydrogen) atoms. The van der Waals surface area contributed by atoms with Crippen LogP contribution in [0.5, 0.6) is 0 Å². The molecule has 0 aliphatic carbocycles. The normalized spacial score (nSPS) is 24.1. The average Bonchev–Trinajstić information content (AvgIpc) is 2.71.